The Morgan fingerprint density at radius 1 is 1.21 bits per heavy atom. The lowest BCUT2D eigenvalue weighted by Crippen LogP contribution is -2.13. The highest BCUT2D eigenvalue weighted by atomic mass is 16.5. The summed E-state index contributed by atoms with van der Waals surface area (Å²) in [5, 5.41) is 23.3. The second-order valence-electron chi connectivity index (χ2n) is 5.39. The van der Waals surface area contributed by atoms with E-state index < -0.39 is 6.10 Å². The molecule has 2 aromatic carbocycles. The van der Waals surface area contributed by atoms with E-state index in [2.05, 4.69) is 16.4 Å². The molecule has 2 N–H and O–H groups in total. The summed E-state index contributed by atoms with van der Waals surface area (Å²) in [4.78, 5) is 4.49. The third-order valence-corrected chi connectivity index (χ3v) is 3.77. The standard InChI is InChI=1S/C19H17N3O2/c1-24-16-4-2-3-15(10-16)18(23)12-21-19-8-6-14-9-13(11-20)5-7-17(14)22-19/h2-10,18,23H,12H2,1H3,(H,21,22)/t18-/m1/s1. The number of methoxy groups -OCH3 is 1. The fraction of sp³-hybridized carbons (Fsp3) is 0.158. The number of benzene rings is 2. The van der Waals surface area contributed by atoms with Crippen LogP contribution in [0.2, 0.25) is 0 Å². The monoisotopic (exact) mass is 319 g/mol. The van der Waals surface area contributed by atoms with E-state index in [4.69, 9.17) is 10.00 Å². The van der Waals surface area contributed by atoms with Crippen LogP contribution in [0, 0.1) is 11.3 Å². The molecule has 0 saturated carbocycles. The van der Waals surface area contributed by atoms with E-state index in [1.165, 1.54) is 0 Å². The SMILES string of the molecule is COc1cccc([C@H](O)CNc2ccc3cc(C#N)ccc3n2)c1. The van der Waals surface area contributed by atoms with Gasteiger partial charge in [-0.2, -0.15) is 5.26 Å². The molecule has 0 unspecified atom stereocenters. The quantitative estimate of drug-likeness (QED) is 0.754. The van der Waals surface area contributed by atoms with Crippen molar-refractivity contribution in [1.82, 2.24) is 4.98 Å². The maximum Gasteiger partial charge on any atom is 0.126 e. The number of hydrogen-bond acceptors (Lipinski definition) is 5. The molecule has 0 radical (unpaired) electrons. The number of hydrogen-bond donors (Lipinski definition) is 2. The Kier molecular flexibility index (Phi) is 4.59. The van der Waals surface area contributed by atoms with Crippen LogP contribution in [0.15, 0.2) is 54.6 Å². The van der Waals surface area contributed by atoms with Crippen LogP contribution < -0.4 is 10.1 Å². The fourth-order valence-corrected chi connectivity index (χ4v) is 2.46. The number of fused-ring (bicyclic) bond motifs is 1. The number of rotatable bonds is 5. The first-order chi connectivity index (χ1) is 11.7. The molecule has 120 valence electrons. The van der Waals surface area contributed by atoms with Gasteiger partial charge in [0, 0.05) is 11.9 Å². The summed E-state index contributed by atoms with van der Waals surface area (Å²) in [7, 11) is 1.60. The highest BCUT2D eigenvalue weighted by Crippen LogP contribution is 2.21. The topological polar surface area (TPSA) is 78.2 Å². The molecule has 0 aliphatic rings. The molecule has 0 aliphatic carbocycles. The van der Waals surface area contributed by atoms with Crippen molar-refractivity contribution >= 4 is 16.7 Å². The molecule has 24 heavy (non-hydrogen) atoms. The molecule has 1 aromatic heterocycles. The van der Waals surface area contributed by atoms with E-state index in [9.17, 15) is 5.11 Å². The lowest BCUT2D eigenvalue weighted by molar-refractivity contribution is 0.191. The van der Waals surface area contributed by atoms with Crippen LogP contribution in [-0.4, -0.2) is 23.7 Å². The zero-order valence-electron chi connectivity index (χ0n) is 13.2. The van der Waals surface area contributed by atoms with Crippen molar-refractivity contribution in [2.75, 3.05) is 19.0 Å². The van der Waals surface area contributed by atoms with Gasteiger partial charge in [0.2, 0.25) is 0 Å². The highest BCUT2D eigenvalue weighted by molar-refractivity contribution is 5.81. The van der Waals surface area contributed by atoms with E-state index in [1.807, 2.05) is 42.5 Å². The molecule has 0 bridgehead atoms. The third-order valence-electron chi connectivity index (χ3n) is 3.77. The average Bonchev–Trinajstić information content (AvgIpc) is 2.65. The minimum absolute atomic E-state index is 0.335. The third kappa shape index (κ3) is 3.45. The molecular formula is C19H17N3O2. The zero-order valence-corrected chi connectivity index (χ0v) is 13.2. The van der Waals surface area contributed by atoms with Gasteiger partial charge in [0.25, 0.3) is 0 Å². The first-order valence-electron chi connectivity index (χ1n) is 7.56. The zero-order chi connectivity index (χ0) is 16.9. The number of pyridine rings is 1. The molecule has 0 spiro atoms. The second kappa shape index (κ2) is 6.99. The van der Waals surface area contributed by atoms with Gasteiger partial charge in [0.15, 0.2) is 0 Å². The summed E-state index contributed by atoms with van der Waals surface area (Å²) in [6.07, 6.45) is -0.668. The lowest BCUT2D eigenvalue weighted by Gasteiger charge is -2.14. The van der Waals surface area contributed by atoms with Gasteiger partial charge in [-0.05, 0) is 48.0 Å². The maximum atomic E-state index is 10.3. The predicted molar refractivity (Wildman–Crippen MR) is 92.9 cm³/mol. The van der Waals surface area contributed by atoms with Gasteiger partial charge < -0.3 is 15.2 Å². The maximum absolute atomic E-state index is 10.3. The normalized spacial score (nSPS) is 11.7. The van der Waals surface area contributed by atoms with Crippen molar-refractivity contribution in [3.05, 3.63) is 65.7 Å². The summed E-state index contributed by atoms with van der Waals surface area (Å²) in [6, 6.07) is 18.6. The molecule has 0 fully saturated rings. The Morgan fingerprint density at radius 3 is 2.88 bits per heavy atom. The first kappa shape index (κ1) is 15.8. The van der Waals surface area contributed by atoms with Crippen LogP contribution in [-0.2, 0) is 0 Å². The number of nitrogens with zero attached hydrogens (tertiary/aromatic N) is 2. The van der Waals surface area contributed by atoms with Gasteiger partial charge in [-0.15, -0.1) is 0 Å². The molecule has 3 aromatic rings. The highest BCUT2D eigenvalue weighted by Gasteiger charge is 2.09. The minimum atomic E-state index is -0.668. The Balaban J connectivity index is 1.71. The summed E-state index contributed by atoms with van der Waals surface area (Å²) in [6.45, 7) is 0.335. The Labute approximate surface area is 140 Å². The van der Waals surface area contributed by atoms with Gasteiger partial charge >= 0.3 is 0 Å². The molecule has 5 nitrogen and oxygen atoms in total. The Morgan fingerprint density at radius 2 is 2.08 bits per heavy atom. The molecule has 5 heteroatoms. The number of ether oxygens (including phenoxy) is 1. The number of nitrogens with one attached hydrogen (secondary N) is 1. The number of aromatic nitrogens is 1. The number of anilines is 1. The smallest absolute Gasteiger partial charge is 0.126 e. The number of nitriles is 1. The van der Waals surface area contributed by atoms with Crippen LogP contribution >= 0.6 is 0 Å². The molecule has 1 heterocycles. The Hall–Kier alpha value is -3.10. The lowest BCUT2D eigenvalue weighted by atomic mass is 10.1. The van der Waals surface area contributed by atoms with Crippen LogP contribution in [0.5, 0.6) is 5.75 Å². The van der Waals surface area contributed by atoms with E-state index in [-0.39, 0.29) is 0 Å². The predicted octanol–water partition coefficient (Wildman–Crippen LogP) is 3.26. The van der Waals surface area contributed by atoms with E-state index in [1.54, 1.807) is 19.2 Å². The van der Waals surface area contributed by atoms with E-state index in [0.29, 0.717) is 23.7 Å². The van der Waals surface area contributed by atoms with E-state index >= 15 is 0 Å². The largest absolute Gasteiger partial charge is 0.497 e. The van der Waals surface area contributed by atoms with Crippen LogP contribution in [0.4, 0.5) is 5.82 Å². The van der Waals surface area contributed by atoms with Crippen LogP contribution in [0.25, 0.3) is 10.9 Å². The van der Waals surface area contributed by atoms with Gasteiger partial charge in [-0.1, -0.05) is 12.1 Å². The summed E-state index contributed by atoms with van der Waals surface area (Å²) in [5.41, 5.74) is 2.19. The van der Waals surface area contributed by atoms with Gasteiger partial charge in [-0.25, -0.2) is 4.98 Å². The van der Waals surface area contributed by atoms with Crippen molar-refractivity contribution in [2.45, 2.75) is 6.10 Å². The van der Waals surface area contributed by atoms with E-state index in [0.717, 1.165) is 16.5 Å². The molecule has 1 atom stereocenters. The number of aliphatic hydroxyl groups is 1. The molecular weight excluding hydrogens is 302 g/mol. The molecule has 3 rings (SSSR count). The molecule has 0 aliphatic heterocycles. The fourth-order valence-electron chi connectivity index (χ4n) is 2.46. The Bertz CT molecular complexity index is 902. The van der Waals surface area contributed by atoms with Gasteiger partial charge in [-0.3, -0.25) is 0 Å². The summed E-state index contributed by atoms with van der Waals surface area (Å²) >= 11 is 0. The second-order valence-corrected chi connectivity index (χ2v) is 5.39. The van der Waals surface area contributed by atoms with Crippen molar-refractivity contribution in [3.63, 3.8) is 0 Å². The number of aliphatic hydroxyl groups excluding tert-OH is 1. The van der Waals surface area contributed by atoms with Crippen molar-refractivity contribution in [2.24, 2.45) is 0 Å². The van der Waals surface area contributed by atoms with Gasteiger partial charge in [0.1, 0.15) is 11.6 Å². The first-order valence-corrected chi connectivity index (χ1v) is 7.56. The minimum Gasteiger partial charge on any atom is -0.497 e. The summed E-state index contributed by atoms with van der Waals surface area (Å²) in [5.74, 6) is 1.39. The van der Waals surface area contributed by atoms with Gasteiger partial charge in [0.05, 0.1) is 30.4 Å². The van der Waals surface area contributed by atoms with Crippen LogP contribution in [0.3, 0.4) is 0 Å². The summed E-state index contributed by atoms with van der Waals surface area (Å²) < 4.78 is 5.17. The molecule has 0 saturated heterocycles. The average molecular weight is 319 g/mol. The van der Waals surface area contributed by atoms with Crippen molar-refractivity contribution in [3.8, 4) is 11.8 Å². The van der Waals surface area contributed by atoms with Crippen molar-refractivity contribution < 1.29 is 9.84 Å². The van der Waals surface area contributed by atoms with Crippen molar-refractivity contribution in [1.29, 1.82) is 5.26 Å². The molecule has 0 amide bonds. The van der Waals surface area contributed by atoms with Crippen LogP contribution in [0.1, 0.15) is 17.2 Å².